The summed E-state index contributed by atoms with van der Waals surface area (Å²) < 4.78 is 0. The minimum absolute atomic E-state index is 0.270. The highest BCUT2D eigenvalue weighted by molar-refractivity contribution is 5.75. The number of rotatable bonds is 6. The number of carbonyl (C=O) groups excluding carboxylic acids is 1. The molecule has 0 heterocycles. The van der Waals surface area contributed by atoms with E-state index in [9.17, 15) is 4.79 Å². The molecule has 19 heavy (non-hydrogen) atoms. The molecule has 4 aliphatic carbocycles. The number of amides is 1. The van der Waals surface area contributed by atoms with E-state index >= 15 is 0 Å². The summed E-state index contributed by atoms with van der Waals surface area (Å²) in [6, 6.07) is 0. The Morgan fingerprint density at radius 1 is 1.11 bits per heavy atom. The third kappa shape index (κ3) is 2.98. The first-order valence-corrected chi connectivity index (χ1v) is 8.46. The molecule has 2 nitrogen and oxygen atoms in total. The molecule has 0 aromatic rings. The van der Waals surface area contributed by atoms with Crippen molar-refractivity contribution < 1.29 is 4.79 Å². The summed E-state index contributed by atoms with van der Waals surface area (Å²) in [6.07, 6.45) is 13.0. The molecule has 0 aromatic heterocycles. The van der Waals surface area contributed by atoms with Gasteiger partial charge in [0.05, 0.1) is 0 Å². The molecule has 4 fully saturated rings. The molecule has 0 unspecified atom stereocenters. The first-order valence-electron chi connectivity index (χ1n) is 8.46. The summed E-state index contributed by atoms with van der Waals surface area (Å²) in [7, 11) is 0. The fourth-order valence-electron chi connectivity index (χ4n) is 5.49. The minimum atomic E-state index is 0.270. The van der Waals surface area contributed by atoms with Crippen LogP contribution in [-0.2, 0) is 4.79 Å². The van der Waals surface area contributed by atoms with Crippen LogP contribution in [0.15, 0.2) is 0 Å². The van der Waals surface area contributed by atoms with E-state index in [1.165, 1.54) is 44.9 Å². The van der Waals surface area contributed by atoms with Crippen LogP contribution in [-0.4, -0.2) is 12.5 Å². The lowest BCUT2D eigenvalue weighted by Gasteiger charge is -2.57. The molecule has 0 aromatic carbocycles. The maximum atomic E-state index is 11.7. The molecule has 0 atom stereocenters. The second-order valence-corrected chi connectivity index (χ2v) is 7.62. The predicted octanol–water partition coefficient (Wildman–Crippen LogP) is 3.90. The molecule has 0 aliphatic heterocycles. The van der Waals surface area contributed by atoms with Gasteiger partial charge in [-0.15, -0.1) is 0 Å². The van der Waals surface area contributed by atoms with E-state index in [-0.39, 0.29) is 5.91 Å². The van der Waals surface area contributed by atoms with E-state index in [1.807, 2.05) is 0 Å². The van der Waals surface area contributed by atoms with Crippen LogP contribution in [0.1, 0.15) is 71.1 Å². The van der Waals surface area contributed by atoms with Crippen LogP contribution in [0.2, 0.25) is 0 Å². The van der Waals surface area contributed by atoms with Gasteiger partial charge in [0, 0.05) is 13.0 Å². The smallest absolute Gasteiger partial charge is 0.219 e. The van der Waals surface area contributed by atoms with Crippen molar-refractivity contribution in [2.75, 3.05) is 6.54 Å². The van der Waals surface area contributed by atoms with Crippen molar-refractivity contribution in [1.82, 2.24) is 5.32 Å². The van der Waals surface area contributed by atoms with E-state index in [2.05, 4.69) is 12.2 Å². The molecule has 4 bridgehead atoms. The summed E-state index contributed by atoms with van der Waals surface area (Å²) in [5.74, 6) is 3.36. The Labute approximate surface area is 117 Å². The third-order valence-corrected chi connectivity index (χ3v) is 5.90. The van der Waals surface area contributed by atoms with Gasteiger partial charge in [-0.25, -0.2) is 0 Å². The summed E-state index contributed by atoms with van der Waals surface area (Å²) in [5.41, 5.74) is 0.618. The predicted molar refractivity (Wildman–Crippen MR) is 77.8 cm³/mol. The lowest BCUT2D eigenvalue weighted by atomic mass is 9.49. The van der Waals surface area contributed by atoms with Crippen LogP contribution >= 0.6 is 0 Å². The van der Waals surface area contributed by atoms with E-state index in [1.54, 1.807) is 0 Å². The Kier molecular flexibility index (Phi) is 3.86. The van der Waals surface area contributed by atoms with Gasteiger partial charge in [-0.2, -0.15) is 0 Å². The molecule has 108 valence electrons. The van der Waals surface area contributed by atoms with Crippen LogP contribution in [0, 0.1) is 23.2 Å². The molecular weight excluding hydrogens is 234 g/mol. The summed E-state index contributed by atoms with van der Waals surface area (Å²) >= 11 is 0. The molecule has 2 heteroatoms. The van der Waals surface area contributed by atoms with Gasteiger partial charge in [-0.3, -0.25) is 4.79 Å². The highest BCUT2D eigenvalue weighted by Gasteiger charge is 2.50. The normalized spacial score (nSPS) is 39.5. The maximum absolute atomic E-state index is 11.7. The van der Waals surface area contributed by atoms with Crippen molar-refractivity contribution in [3.05, 3.63) is 0 Å². The molecule has 1 amide bonds. The molecule has 0 spiro atoms. The van der Waals surface area contributed by atoms with E-state index < -0.39 is 0 Å². The number of hydrogen-bond acceptors (Lipinski definition) is 1. The van der Waals surface area contributed by atoms with E-state index in [0.717, 1.165) is 43.6 Å². The number of hydrogen-bond donors (Lipinski definition) is 1. The van der Waals surface area contributed by atoms with E-state index in [0.29, 0.717) is 5.41 Å². The Bertz CT molecular complexity index is 301. The molecule has 1 N–H and O–H groups in total. The van der Waals surface area contributed by atoms with Gasteiger partial charge in [0.25, 0.3) is 0 Å². The molecular formula is C17H29NO. The first kappa shape index (κ1) is 13.5. The van der Waals surface area contributed by atoms with Gasteiger partial charge >= 0.3 is 0 Å². The Balaban J connectivity index is 1.46. The number of carbonyl (C=O) groups is 1. The third-order valence-electron chi connectivity index (χ3n) is 5.90. The van der Waals surface area contributed by atoms with Crippen molar-refractivity contribution in [1.29, 1.82) is 0 Å². The van der Waals surface area contributed by atoms with Gasteiger partial charge in [0.1, 0.15) is 0 Å². The zero-order valence-corrected chi connectivity index (χ0v) is 12.4. The fraction of sp³-hybridized carbons (Fsp3) is 0.941. The lowest BCUT2D eigenvalue weighted by molar-refractivity contribution is -0.121. The SMILES string of the molecule is CCCCC(=O)NCCC12CC3CC(CC(C3)C1)C2. The van der Waals surface area contributed by atoms with Crippen LogP contribution in [0.3, 0.4) is 0 Å². The topological polar surface area (TPSA) is 29.1 Å². The summed E-state index contributed by atoms with van der Waals surface area (Å²) in [4.78, 5) is 11.7. The van der Waals surface area contributed by atoms with Gasteiger partial charge in [0.15, 0.2) is 0 Å². The first-order chi connectivity index (χ1) is 9.19. The quantitative estimate of drug-likeness (QED) is 0.773. The van der Waals surface area contributed by atoms with Gasteiger partial charge in [-0.05, 0) is 74.5 Å². The largest absolute Gasteiger partial charge is 0.356 e. The summed E-state index contributed by atoms with van der Waals surface area (Å²) in [5, 5.41) is 3.15. The van der Waals surface area contributed by atoms with Crippen molar-refractivity contribution in [3.8, 4) is 0 Å². The Morgan fingerprint density at radius 2 is 1.68 bits per heavy atom. The molecule has 4 aliphatic rings. The minimum Gasteiger partial charge on any atom is -0.356 e. The highest BCUT2D eigenvalue weighted by Crippen LogP contribution is 2.61. The number of unbranched alkanes of at least 4 members (excludes halogenated alkanes) is 1. The van der Waals surface area contributed by atoms with Crippen molar-refractivity contribution in [2.45, 2.75) is 71.1 Å². The number of nitrogens with one attached hydrogen (secondary N) is 1. The average molecular weight is 263 g/mol. The average Bonchev–Trinajstić information content (AvgIpc) is 2.34. The Hall–Kier alpha value is -0.530. The second kappa shape index (κ2) is 5.46. The maximum Gasteiger partial charge on any atom is 0.219 e. The highest BCUT2D eigenvalue weighted by atomic mass is 16.1. The van der Waals surface area contributed by atoms with Gasteiger partial charge < -0.3 is 5.32 Å². The molecule has 0 saturated heterocycles. The lowest BCUT2D eigenvalue weighted by Crippen LogP contribution is -2.47. The van der Waals surface area contributed by atoms with Gasteiger partial charge in [-0.1, -0.05) is 13.3 Å². The molecule has 4 saturated carbocycles. The van der Waals surface area contributed by atoms with Crippen LogP contribution in [0.4, 0.5) is 0 Å². The monoisotopic (exact) mass is 263 g/mol. The van der Waals surface area contributed by atoms with Gasteiger partial charge in [0.2, 0.25) is 5.91 Å². The van der Waals surface area contributed by atoms with Crippen LogP contribution in [0.25, 0.3) is 0 Å². The summed E-state index contributed by atoms with van der Waals surface area (Å²) in [6.45, 7) is 3.07. The molecule has 0 radical (unpaired) electrons. The fourth-order valence-corrected chi connectivity index (χ4v) is 5.49. The molecule has 4 rings (SSSR count). The van der Waals surface area contributed by atoms with Crippen LogP contribution in [0.5, 0.6) is 0 Å². The zero-order valence-electron chi connectivity index (χ0n) is 12.4. The zero-order chi connectivity index (χ0) is 13.3. The van der Waals surface area contributed by atoms with Crippen molar-refractivity contribution in [2.24, 2.45) is 23.2 Å². The Morgan fingerprint density at radius 3 is 2.21 bits per heavy atom. The van der Waals surface area contributed by atoms with Crippen molar-refractivity contribution >= 4 is 5.91 Å². The van der Waals surface area contributed by atoms with Crippen molar-refractivity contribution in [3.63, 3.8) is 0 Å². The second-order valence-electron chi connectivity index (χ2n) is 7.62. The van der Waals surface area contributed by atoms with Crippen LogP contribution < -0.4 is 5.32 Å². The standard InChI is InChI=1S/C17H29NO/c1-2-3-4-16(19)18-6-5-17-10-13-7-14(11-17)9-15(8-13)12-17/h13-15H,2-12H2,1H3,(H,18,19). The van der Waals surface area contributed by atoms with E-state index in [4.69, 9.17) is 0 Å².